The van der Waals surface area contributed by atoms with Crippen LogP contribution in [0.15, 0.2) is 0 Å². The van der Waals surface area contributed by atoms with Crippen molar-refractivity contribution in [3.63, 3.8) is 0 Å². The van der Waals surface area contributed by atoms with Gasteiger partial charge < -0.3 is 4.79 Å². The lowest BCUT2D eigenvalue weighted by atomic mass is 9.68. The van der Waals surface area contributed by atoms with E-state index in [1.807, 2.05) is 0 Å². The van der Waals surface area contributed by atoms with E-state index in [1.54, 1.807) is 6.92 Å². The Balaban J connectivity index is 2.64. The molecular weight excluding hydrogens is 188 g/mol. The summed E-state index contributed by atoms with van der Waals surface area (Å²) in [7, 11) is 0. The average Bonchev–Trinajstić information content (AvgIpc) is 2.06. The molecule has 0 unspecified atom stereocenters. The van der Waals surface area contributed by atoms with E-state index in [-0.39, 0.29) is 17.1 Å². The fourth-order valence-corrected chi connectivity index (χ4v) is 2.44. The Morgan fingerprint density at radius 2 is 2.00 bits per heavy atom. The van der Waals surface area contributed by atoms with Gasteiger partial charge in [0, 0.05) is 18.8 Å². The van der Waals surface area contributed by atoms with E-state index in [0.717, 1.165) is 12.8 Å². The first-order chi connectivity index (χ1) is 6.80. The van der Waals surface area contributed by atoms with Crippen LogP contribution in [0, 0.1) is 17.3 Å². The molecule has 15 heavy (non-hydrogen) atoms. The number of rotatable bonds is 2. The molecule has 1 fully saturated rings. The van der Waals surface area contributed by atoms with Gasteiger partial charge in [0.15, 0.2) is 0 Å². The van der Waals surface area contributed by atoms with Gasteiger partial charge in [0.2, 0.25) is 0 Å². The third-order valence-corrected chi connectivity index (χ3v) is 3.52. The van der Waals surface area contributed by atoms with Gasteiger partial charge in [-0.15, -0.1) is 0 Å². The van der Waals surface area contributed by atoms with Crippen LogP contribution >= 0.6 is 0 Å². The van der Waals surface area contributed by atoms with Gasteiger partial charge in [0.25, 0.3) is 0 Å². The molecule has 2 nitrogen and oxygen atoms in total. The first-order valence-electron chi connectivity index (χ1n) is 5.83. The molecule has 0 aromatic carbocycles. The molecule has 0 aromatic heterocycles. The van der Waals surface area contributed by atoms with E-state index in [4.69, 9.17) is 0 Å². The van der Waals surface area contributed by atoms with Crippen LogP contribution in [0.2, 0.25) is 0 Å². The van der Waals surface area contributed by atoms with Gasteiger partial charge in [-0.2, -0.15) is 0 Å². The van der Waals surface area contributed by atoms with Crippen LogP contribution in [0.4, 0.5) is 0 Å². The lowest BCUT2D eigenvalue weighted by Crippen LogP contribution is -2.32. The highest BCUT2D eigenvalue weighted by Gasteiger charge is 2.35. The second kappa shape index (κ2) is 4.46. The number of carbonyl (C=O) groups is 2. The molecule has 0 N–H and O–H groups in total. The zero-order valence-corrected chi connectivity index (χ0v) is 10.3. The van der Waals surface area contributed by atoms with Crippen molar-refractivity contribution in [2.45, 2.75) is 53.4 Å². The Bertz CT molecular complexity index is 260. The minimum atomic E-state index is 0.000440. The summed E-state index contributed by atoms with van der Waals surface area (Å²) in [5.74, 6) is 1.02. The third kappa shape index (κ3) is 3.44. The molecule has 1 aliphatic rings. The van der Waals surface area contributed by atoms with Crippen LogP contribution in [0.3, 0.4) is 0 Å². The summed E-state index contributed by atoms with van der Waals surface area (Å²) >= 11 is 0. The molecule has 0 spiro atoms. The second-order valence-corrected chi connectivity index (χ2v) is 5.91. The van der Waals surface area contributed by atoms with E-state index in [2.05, 4.69) is 20.8 Å². The zero-order chi connectivity index (χ0) is 11.6. The van der Waals surface area contributed by atoms with Crippen molar-refractivity contribution in [3.8, 4) is 0 Å². The van der Waals surface area contributed by atoms with E-state index in [9.17, 15) is 9.59 Å². The maximum absolute atomic E-state index is 11.7. The van der Waals surface area contributed by atoms with Crippen LogP contribution in [-0.2, 0) is 9.59 Å². The van der Waals surface area contributed by atoms with Crippen LogP contribution in [0.25, 0.3) is 0 Å². The third-order valence-electron chi connectivity index (χ3n) is 3.52. The summed E-state index contributed by atoms with van der Waals surface area (Å²) in [5.41, 5.74) is 0.260. The topological polar surface area (TPSA) is 34.1 Å². The normalized spacial score (nSPS) is 27.9. The predicted octanol–water partition coefficient (Wildman–Crippen LogP) is 3.00. The molecule has 1 saturated carbocycles. The monoisotopic (exact) mass is 210 g/mol. The van der Waals surface area contributed by atoms with Gasteiger partial charge in [0.05, 0.1) is 0 Å². The number of Topliss-reactive ketones (excluding diaryl/α,β-unsaturated/α-hetero) is 2. The fraction of sp³-hybridized carbons (Fsp3) is 0.846. The Hall–Kier alpha value is -0.660. The van der Waals surface area contributed by atoms with Crippen molar-refractivity contribution in [2.75, 3.05) is 0 Å². The molecule has 0 aromatic rings. The molecule has 86 valence electrons. The quantitative estimate of drug-likeness (QED) is 0.702. The standard InChI is InChI=1S/C13H22O2/c1-9(14)7-10-8-11(13(2,3)4)5-6-12(10)15/h10-11H,5-8H2,1-4H3/t10-,11-/m0/s1. The van der Waals surface area contributed by atoms with E-state index < -0.39 is 0 Å². The molecular formula is C13H22O2. The van der Waals surface area contributed by atoms with Crippen molar-refractivity contribution in [1.82, 2.24) is 0 Å². The van der Waals surface area contributed by atoms with Gasteiger partial charge >= 0.3 is 0 Å². The maximum Gasteiger partial charge on any atom is 0.136 e. The molecule has 0 saturated heterocycles. The van der Waals surface area contributed by atoms with Gasteiger partial charge in [0.1, 0.15) is 11.6 Å². The summed E-state index contributed by atoms with van der Waals surface area (Å²) in [6, 6.07) is 0. The summed E-state index contributed by atoms with van der Waals surface area (Å²) < 4.78 is 0. The summed E-state index contributed by atoms with van der Waals surface area (Å²) in [6.07, 6.45) is 3.02. The number of hydrogen-bond donors (Lipinski definition) is 0. The van der Waals surface area contributed by atoms with Crippen LogP contribution in [0.5, 0.6) is 0 Å². The lowest BCUT2D eigenvalue weighted by molar-refractivity contribution is -0.130. The van der Waals surface area contributed by atoms with Crippen molar-refractivity contribution >= 4 is 11.6 Å². The molecule has 0 radical (unpaired) electrons. The van der Waals surface area contributed by atoms with Crippen LogP contribution in [-0.4, -0.2) is 11.6 Å². The molecule has 0 amide bonds. The van der Waals surface area contributed by atoms with Crippen LogP contribution < -0.4 is 0 Å². The number of ketones is 2. The molecule has 2 heteroatoms. The second-order valence-electron chi connectivity index (χ2n) is 5.91. The minimum Gasteiger partial charge on any atom is -0.300 e. The smallest absolute Gasteiger partial charge is 0.136 e. The van der Waals surface area contributed by atoms with Crippen molar-refractivity contribution in [1.29, 1.82) is 0 Å². The maximum atomic E-state index is 11.7. The van der Waals surface area contributed by atoms with Crippen molar-refractivity contribution in [2.24, 2.45) is 17.3 Å². The zero-order valence-electron chi connectivity index (χ0n) is 10.3. The van der Waals surface area contributed by atoms with E-state index in [1.165, 1.54) is 0 Å². The van der Waals surface area contributed by atoms with E-state index >= 15 is 0 Å². The van der Waals surface area contributed by atoms with Gasteiger partial charge in [-0.05, 0) is 31.1 Å². The van der Waals surface area contributed by atoms with Gasteiger partial charge in [-0.25, -0.2) is 0 Å². The fourth-order valence-electron chi connectivity index (χ4n) is 2.44. The van der Waals surface area contributed by atoms with Gasteiger partial charge in [-0.1, -0.05) is 20.8 Å². The molecule has 0 bridgehead atoms. The number of hydrogen-bond acceptors (Lipinski definition) is 2. The molecule has 0 aliphatic heterocycles. The highest BCUT2D eigenvalue weighted by Crippen LogP contribution is 2.39. The van der Waals surface area contributed by atoms with Crippen LogP contribution in [0.1, 0.15) is 53.4 Å². The average molecular weight is 210 g/mol. The summed E-state index contributed by atoms with van der Waals surface area (Å²) in [5, 5.41) is 0. The summed E-state index contributed by atoms with van der Waals surface area (Å²) in [4.78, 5) is 22.7. The largest absolute Gasteiger partial charge is 0.300 e. The Morgan fingerprint density at radius 3 is 2.47 bits per heavy atom. The van der Waals surface area contributed by atoms with Crippen molar-refractivity contribution in [3.05, 3.63) is 0 Å². The molecule has 1 aliphatic carbocycles. The van der Waals surface area contributed by atoms with Crippen molar-refractivity contribution < 1.29 is 9.59 Å². The Morgan fingerprint density at radius 1 is 1.40 bits per heavy atom. The number of carbonyl (C=O) groups excluding carboxylic acids is 2. The molecule has 1 rings (SSSR count). The predicted molar refractivity (Wildman–Crippen MR) is 60.6 cm³/mol. The first-order valence-corrected chi connectivity index (χ1v) is 5.83. The SMILES string of the molecule is CC(=O)C[C@H]1C[C@@H](C(C)(C)C)CCC1=O. The Kier molecular flexibility index (Phi) is 3.69. The highest BCUT2D eigenvalue weighted by atomic mass is 16.1. The lowest BCUT2D eigenvalue weighted by Gasteiger charge is -2.36. The van der Waals surface area contributed by atoms with Gasteiger partial charge in [-0.3, -0.25) is 4.79 Å². The molecule has 0 heterocycles. The summed E-state index contributed by atoms with van der Waals surface area (Å²) in [6.45, 7) is 8.24. The highest BCUT2D eigenvalue weighted by molar-refractivity contribution is 5.87. The minimum absolute atomic E-state index is 0.000440. The molecule has 2 atom stereocenters. The first kappa shape index (κ1) is 12.4. The van der Waals surface area contributed by atoms with E-state index in [0.29, 0.717) is 24.5 Å². The Labute approximate surface area is 92.4 Å².